The van der Waals surface area contributed by atoms with Gasteiger partial charge in [-0.2, -0.15) is 0 Å². The molecule has 4 saturated heterocycles. The Hall–Kier alpha value is -3.12. The number of hydrogen-bond acceptors (Lipinski definition) is 16. The van der Waals surface area contributed by atoms with Crippen LogP contribution in [-0.4, -0.2) is 126 Å². The van der Waals surface area contributed by atoms with E-state index in [1.54, 1.807) is 33.8 Å². The van der Waals surface area contributed by atoms with Gasteiger partial charge in [0.2, 0.25) is 6.29 Å². The second-order valence-electron chi connectivity index (χ2n) is 15.8. The van der Waals surface area contributed by atoms with Gasteiger partial charge in [0.25, 0.3) is 5.79 Å². The van der Waals surface area contributed by atoms with Crippen LogP contribution in [0.15, 0.2) is 24.0 Å². The van der Waals surface area contributed by atoms with Crippen molar-refractivity contribution in [1.29, 1.82) is 0 Å². The van der Waals surface area contributed by atoms with Crippen LogP contribution < -0.4 is 0 Å². The van der Waals surface area contributed by atoms with E-state index < -0.39 is 130 Å². The first-order valence-corrected chi connectivity index (χ1v) is 17.2. The highest BCUT2D eigenvalue weighted by Crippen LogP contribution is 2.83. The van der Waals surface area contributed by atoms with Gasteiger partial charge < -0.3 is 58.0 Å². The first kappa shape index (κ1) is 34.9. The summed E-state index contributed by atoms with van der Waals surface area (Å²) in [5.41, 5.74) is -9.47. The molecule has 16 atom stereocenters. The predicted molar refractivity (Wildman–Crippen MR) is 164 cm³/mol. The first-order chi connectivity index (χ1) is 23.9. The highest BCUT2D eigenvalue weighted by molar-refractivity contribution is 5.88. The molecule has 0 radical (unpaired) electrons. The Morgan fingerprint density at radius 3 is 2.31 bits per heavy atom. The quantitative estimate of drug-likeness (QED) is 0.140. The van der Waals surface area contributed by atoms with Crippen LogP contribution in [0.5, 0.6) is 0 Å². The molecule has 16 heteroatoms. The number of allylic oxidation sites excluding steroid dienone is 1. The Labute approximate surface area is 293 Å². The van der Waals surface area contributed by atoms with Crippen molar-refractivity contribution in [2.24, 2.45) is 34.0 Å². The van der Waals surface area contributed by atoms with Crippen molar-refractivity contribution in [3.05, 3.63) is 24.0 Å². The van der Waals surface area contributed by atoms with Crippen molar-refractivity contribution < 1.29 is 77.1 Å². The summed E-state index contributed by atoms with van der Waals surface area (Å²) in [5.74, 6) is -9.76. The molecule has 0 aromatic carbocycles. The van der Waals surface area contributed by atoms with Crippen LogP contribution in [0.4, 0.5) is 0 Å². The van der Waals surface area contributed by atoms with Crippen molar-refractivity contribution in [3.63, 3.8) is 0 Å². The largest absolute Gasteiger partial charge is 0.469 e. The van der Waals surface area contributed by atoms with Gasteiger partial charge in [0, 0.05) is 47.5 Å². The van der Waals surface area contributed by atoms with Crippen molar-refractivity contribution >= 4 is 23.9 Å². The molecule has 51 heavy (non-hydrogen) atoms. The van der Waals surface area contributed by atoms with Crippen molar-refractivity contribution in [3.8, 4) is 0 Å². The minimum absolute atomic E-state index is 0.235. The summed E-state index contributed by atoms with van der Waals surface area (Å²) in [6, 6.07) is 0. The van der Waals surface area contributed by atoms with Gasteiger partial charge in [-0.1, -0.05) is 13.0 Å². The minimum Gasteiger partial charge on any atom is -0.469 e. The summed E-state index contributed by atoms with van der Waals surface area (Å²) >= 11 is 0. The van der Waals surface area contributed by atoms with Gasteiger partial charge in [-0.15, -0.1) is 0 Å². The van der Waals surface area contributed by atoms with Crippen LogP contribution in [0.3, 0.4) is 0 Å². The number of methoxy groups -OCH3 is 2. The summed E-state index contributed by atoms with van der Waals surface area (Å²) in [5, 5.41) is 37.4. The number of epoxide rings is 1. The molecule has 8 rings (SSSR count). The fourth-order valence-corrected chi connectivity index (χ4v) is 12.2. The second-order valence-corrected chi connectivity index (χ2v) is 15.8. The molecule has 3 saturated carbocycles. The topological polar surface area (TPSA) is 215 Å². The summed E-state index contributed by atoms with van der Waals surface area (Å²) in [7, 11) is 2.23. The molecule has 16 nitrogen and oxygen atoms in total. The maximum atomic E-state index is 14.2. The SMILES string of the molecule is C/C=C(\C)C(=O)O[C@H]1C[C@@H](OC(C)=O)[C@@]2(C(=O)OC)CO[C@H]3[C@@H](O)[C@@](C)([C@]45O[C@@]4(C)[C@@H]4CC5O[C@@H]5OC=C[C@@]54O)[C@H]4[C@]1(CO[C@]4(O)C(=O)OC)[C@@H]32. The van der Waals surface area contributed by atoms with E-state index in [-0.39, 0.29) is 18.4 Å². The van der Waals surface area contributed by atoms with Gasteiger partial charge in [0.05, 0.1) is 52.0 Å². The molecular formula is C35H44O16. The standard InChI is InChI=1S/C35H44O16/c1-8-15(2)24(38)49-18-12-19(48-16(3)36)32(26(39)43-6)13-46-21-22(32)31(18)14-47-34(42,27(40)44-7)25(31)29(4,23(21)37)35-20-11-17(30(35,5)51-35)33(41)9-10-45-28(33)50-20/h8-10,17-23,25,28,37,41-42H,11-14H2,1-7H3/b15-8+/t17-,18-,19+,20?,21+,22+,23+,25-,28-,29+,30-,31-,32-,33-,34-,35-/m0/s1. The van der Waals surface area contributed by atoms with E-state index >= 15 is 0 Å². The molecule has 0 amide bonds. The molecule has 2 bridgehead atoms. The van der Waals surface area contributed by atoms with Crippen LogP contribution in [0.1, 0.15) is 47.5 Å². The second kappa shape index (κ2) is 10.5. The number of ether oxygens (including phenoxy) is 9. The average molecular weight is 721 g/mol. The van der Waals surface area contributed by atoms with E-state index in [9.17, 15) is 34.5 Å². The Morgan fingerprint density at radius 1 is 0.961 bits per heavy atom. The van der Waals surface area contributed by atoms with E-state index in [1.807, 2.05) is 0 Å². The van der Waals surface area contributed by atoms with Gasteiger partial charge in [-0.05, 0) is 33.3 Å². The lowest BCUT2D eigenvalue weighted by Crippen LogP contribution is -2.79. The molecule has 3 N–H and O–H groups in total. The monoisotopic (exact) mass is 720 g/mol. The Bertz CT molecular complexity index is 1660. The fourth-order valence-electron chi connectivity index (χ4n) is 12.2. The van der Waals surface area contributed by atoms with Crippen LogP contribution in [0.25, 0.3) is 0 Å². The zero-order valence-electron chi connectivity index (χ0n) is 29.4. The first-order valence-electron chi connectivity index (χ1n) is 17.2. The summed E-state index contributed by atoms with van der Waals surface area (Å²) in [6.45, 7) is 6.88. The number of carbonyl (C=O) groups is 4. The van der Waals surface area contributed by atoms with Gasteiger partial charge in [0.15, 0.2) is 5.60 Å². The molecule has 1 unspecified atom stereocenters. The van der Waals surface area contributed by atoms with Crippen LogP contribution in [0.2, 0.25) is 0 Å². The molecule has 7 fully saturated rings. The fraction of sp³-hybridized carbons (Fsp3) is 0.771. The number of aliphatic hydroxyl groups excluding tert-OH is 1. The number of fused-ring (bicyclic) bond motifs is 7. The van der Waals surface area contributed by atoms with Gasteiger partial charge in [-0.25, -0.2) is 9.59 Å². The zero-order chi connectivity index (χ0) is 36.9. The average Bonchev–Trinajstić information content (AvgIpc) is 3.47. The number of carbonyl (C=O) groups excluding carboxylic acids is 4. The molecule has 3 aliphatic carbocycles. The van der Waals surface area contributed by atoms with Crippen molar-refractivity contribution in [2.75, 3.05) is 27.4 Å². The number of rotatable bonds is 6. The number of hydrogen-bond donors (Lipinski definition) is 3. The Kier molecular flexibility index (Phi) is 7.20. The predicted octanol–water partition coefficient (Wildman–Crippen LogP) is -0.203. The van der Waals surface area contributed by atoms with E-state index in [0.29, 0.717) is 0 Å². The van der Waals surface area contributed by atoms with Gasteiger partial charge in [-0.3, -0.25) is 9.59 Å². The highest BCUT2D eigenvalue weighted by Gasteiger charge is 2.97. The van der Waals surface area contributed by atoms with E-state index in [2.05, 4.69) is 0 Å². The number of esters is 4. The third-order valence-electron chi connectivity index (χ3n) is 14.1. The Morgan fingerprint density at radius 2 is 1.67 bits per heavy atom. The lowest BCUT2D eigenvalue weighted by atomic mass is 9.37. The third kappa shape index (κ3) is 3.65. The smallest absolute Gasteiger partial charge is 0.366 e. The van der Waals surface area contributed by atoms with E-state index in [0.717, 1.165) is 14.2 Å². The van der Waals surface area contributed by atoms with Crippen LogP contribution >= 0.6 is 0 Å². The minimum atomic E-state index is -2.82. The number of aliphatic hydroxyl groups is 3. The third-order valence-corrected chi connectivity index (χ3v) is 14.1. The molecule has 1 spiro atoms. The summed E-state index contributed by atoms with van der Waals surface area (Å²) in [6.07, 6.45) is -3.11. The molecular weight excluding hydrogens is 676 g/mol. The maximum absolute atomic E-state index is 14.2. The normalized spacial score (nSPS) is 53.9. The highest BCUT2D eigenvalue weighted by atomic mass is 16.7. The lowest BCUT2D eigenvalue weighted by molar-refractivity contribution is -0.314. The van der Waals surface area contributed by atoms with Crippen LogP contribution in [0, 0.1) is 34.0 Å². The van der Waals surface area contributed by atoms with Gasteiger partial charge >= 0.3 is 23.9 Å². The molecule has 0 aromatic rings. The lowest BCUT2D eigenvalue weighted by Gasteiger charge is -2.65. The zero-order valence-corrected chi connectivity index (χ0v) is 29.4. The molecule has 5 heterocycles. The molecule has 8 aliphatic rings. The molecule has 0 aromatic heterocycles. The summed E-state index contributed by atoms with van der Waals surface area (Å²) in [4.78, 5) is 54.4. The van der Waals surface area contributed by atoms with Gasteiger partial charge in [0.1, 0.15) is 28.8 Å². The molecule has 5 aliphatic heterocycles. The van der Waals surface area contributed by atoms with Crippen molar-refractivity contribution in [1.82, 2.24) is 0 Å². The Balaban J connectivity index is 1.40. The van der Waals surface area contributed by atoms with Crippen molar-refractivity contribution in [2.45, 2.75) is 107 Å². The van der Waals surface area contributed by atoms with Crippen LogP contribution in [-0.2, 0) is 61.8 Å². The maximum Gasteiger partial charge on any atom is 0.366 e. The van der Waals surface area contributed by atoms with E-state index in [1.165, 1.54) is 19.3 Å². The van der Waals surface area contributed by atoms with E-state index in [4.69, 9.17) is 42.6 Å². The molecule has 280 valence electrons. The summed E-state index contributed by atoms with van der Waals surface area (Å²) < 4.78 is 54.0.